The molecule has 1 fully saturated rings. The lowest BCUT2D eigenvalue weighted by molar-refractivity contribution is 0.316. The molecule has 2 nitrogen and oxygen atoms in total. The van der Waals surface area contributed by atoms with Gasteiger partial charge in [-0.1, -0.05) is 136 Å². The van der Waals surface area contributed by atoms with Crippen LogP contribution < -0.4 is 0 Å². The Kier molecular flexibility index (Phi) is 7.03. The number of furan rings is 1. The highest BCUT2D eigenvalue weighted by Gasteiger charge is 2.38. The van der Waals surface area contributed by atoms with Gasteiger partial charge in [-0.2, -0.15) is 0 Å². The zero-order valence-corrected chi connectivity index (χ0v) is 35.4. The molecule has 2 aromatic heterocycles. The van der Waals surface area contributed by atoms with Crippen LogP contribution in [0.1, 0.15) is 54.9 Å². The molecule has 63 heavy (non-hydrogen) atoms. The van der Waals surface area contributed by atoms with Gasteiger partial charge >= 0.3 is 0 Å². The van der Waals surface area contributed by atoms with E-state index in [-0.39, 0.29) is 5.41 Å². The third-order valence-corrected chi connectivity index (χ3v) is 15.3. The Bertz CT molecular complexity index is 3880. The first-order valence-electron chi connectivity index (χ1n) is 22.5. The number of para-hydroxylation sites is 2. The minimum Gasteiger partial charge on any atom is -0.456 e. The fourth-order valence-corrected chi connectivity index (χ4v) is 11.9. The van der Waals surface area contributed by atoms with E-state index in [4.69, 9.17) is 11.0 Å². The topological polar surface area (TPSA) is 18.1 Å². The predicted molar refractivity (Wildman–Crippen MR) is 267 cm³/mol. The van der Waals surface area contributed by atoms with Gasteiger partial charge in [-0.05, 0) is 168 Å². The standard InChI is InChI=1S/C61H43NO/c1-35-28-39(62-57-18-10-8-16-47(57)53-31-51-52-32-54-48-17-9-11-19-59(48)63-60(54)34-56(52)61(2,3)55(51)33-58(53)62)24-20-36-21-25-40(36)45-26-22-37(29-49(35)45)38-23-27-46-43-14-5-4-12-41(43)42-13-6-7-15-44(42)50(46)30-38/h4-20,22-24,26-34,36,40H,1,21,25H2,2-3H3/b24-20-,39-28+. The minimum absolute atomic E-state index is 0.212. The molecule has 0 radical (unpaired) electrons. The van der Waals surface area contributed by atoms with Crippen molar-refractivity contribution in [2.24, 2.45) is 5.92 Å². The van der Waals surface area contributed by atoms with Gasteiger partial charge < -0.3 is 8.98 Å². The fraction of sp³-hybridized carbons (Fsp3) is 0.115. The van der Waals surface area contributed by atoms with Crippen molar-refractivity contribution in [2.75, 3.05) is 0 Å². The summed E-state index contributed by atoms with van der Waals surface area (Å²) in [6, 6.07) is 58.9. The molecule has 0 aliphatic heterocycles. The van der Waals surface area contributed by atoms with Crippen LogP contribution in [0.15, 0.2) is 187 Å². The van der Waals surface area contributed by atoms with Gasteiger partial charge in [0.2, 0.25) is 0 Å². The summed E-state index contributed by atoms with van der Waals surface area (Å²) in [6.45, 7) is 9.63. The average Bonchev–Trinajstić information content (AvgIpc) is 3.91. The van der Waals surface area contributed by atoms with Crippen LogP contribution >= 0.6 is 0 Å². The Morgan fingerprint density at radius 3 is 1.87 bits per heavy atom. The quantitative estimate of drug-likeness (QED) is 0.159. The van der Waals surface area contributed by atoms with Crippen LogP contribution in [-0.2, 0) is 5.41 Å². The molecule has 14 rings (SSSR count). The van der Waals surface area contributed by atoms with Crippen LogP contribution in [0.2, 0.25) is 0 Å². The van der Waals surface area contributed by atoms with E-state index < -0.39 is 0 Å². The maximum Gasteiger partial charge on any atom is 0.135 e. The second kappa shape index (κ2) is 12.6. The van der Waals surface area contributed by atoms with E-state index in [1.54, 1.807) is 0 Å². The molecule has 0 amide bonds. The Morgan fingerprint density at radius 2 is 1.13 bits per heavy atom. The van der Waals surface area contributed by atoms with Crippen LogP contribution in [0, 0.1) is 5.92 Å². The SMILES string of the molecule is C=C1/C=C(n2c3ccccc3c3cc4c(cc32)C(C)(C)c2cc3oc5ccccc5c3cc2-4)\C=C/C2CCC2c2ccc(-c3ccc4c5ccccc5c5ccccc5c4c3)cc21. The highest BCUT2D eigenvalue weighted by Crippen LogP contribution is 2.54. The van der Waals surface area contributed by atoms with Gasteiger partial charge in [0.1, 0.15) is 11.2 Å². The maximum atomic E-state index is 6.43. The Morgan fingerprint density at radius 1 is 0.508 bits per heavy atom. The van der Waals surface area contributed by atoms with Gasteiger partial charge in [-0.3, -0.25) is 0 Å². The Hall–Kier alpha value is -7.42. The van der Waals surface area contributed by atoms with Crippen LogP contribution in [0.3, 0.4) is 0 Å². The van der Waals surface area contributed by atoms with Crippen molar-refractivity contribution in [2.45, 2.75) is 38.0 Å². The van der Waals surface area contributed by atoms with E-state index in [0.29, 0.717) is 11.8 Å². The Balaban J connectivity index is 0.940. The molecule has 2 heterocycles. The van der Waals surface area contributed by atoms with Crippen molar-refractivity contribution >= 4 is 87.3 Å². The summed E-state index contributed by atoms with van der Waals surface area (Å²) in [6.07, 6.45) is 9.62. The van der Waals surface area contributed by atoms with Crippen LogP contribution in [-0.4, -0.2) is 4.57 Å². The van der Waals surface area contributed by atoms with Gasteiger partial charge in [-0.15, -0.1) is 0 Å². The lowest BCUT2D eigenvalue weighted by Gasteiger charge is -2.36. The van der Waals surface area contributed by atoms with Gasteiger partial charge in [0.15, 0.2) is 0 Å². The average molecular weight is 806 g/mol. The van der Waals surface area contributed by atoms with E-state index in [1.807, 2.05) is 0 Å². The van der Waals surface area contributed by atoms with Crippen molar-refractivity contribution in [3.63, 3.8) is 0 Å². The smallest absolute Gasteiger partial charge is 0.135 e. The number of hydrogen-bond donors (Lipinski definition) is 0. The molecule has 0 spiro atoms. The van der Waals surface area contributed by atoms with Crippen molar-refractivity contribution < 1.29 is 4.42 Å². The largest absolute Gasteiger partial charge is 0.456 e. The summed E-state index contributed by atoms with van der Waals surface area (Å²) in [7, 11) is 0. The third kappa shape index (κ3) is 4.84. The summed E-state index contributed by atoms with van der Waals surface area (Å²) in [5.41, 5.74) is 16.7. The first-order valence-corrected chi connectivity index (χ1v) is 22.5. The lowest BCUT2D eigenvalue weighted by atomic mass is 9.68. The minimum atomic E-state index is -0.212. The van der Waals surface area contributed by atoms with Gasteiger partial charge in [-0.25, -0.2) is 0 Å². The molecular weight excluding hydrogens is 763 g/mol. The number of hydrogen-bond acceptors (Lipinski definition) is 1. The summed E-state index contributed by atoms with van der Waals surface area (Å²) in [4.78, 5) is 0. The molecule has 2 unspecified atom stereocenters. The number of allylic oxidation sites excluding steroid dienone is 5. The molecule has 2 atom stereocenters. The fourth-order valence-electron chi connectivity index (χ4n) is 11.9. The van der Waals surface area contributed by atoms with Crippen LogP contribution in [0.25, 0.3) is 110 Å². The predicted octanol–water partition coefficient (Wildman–Crippen LogP) is 16.7. The second-order valence-electron chi connectivity index (χ2n) is 18.8. The first-order chi connectivity index (χ1) is 30.9. The van der Waals surface area contributed by atoms with Crippen molar-refractivity contribution in [3.05, 3.63) is 205 Å². The number of benzene rings is 9. The van der Waals surface area contributed by atoms with Crippen LogP contribution in [0.4, 0.5) is 0 Å². The van der Waals surface area contributed by atoms with E-state index >= 15 is 0 Å². The molecular formula is C61H43NO. The van der Waals surface area contributed by atoms with Crippen LogP contribution in [0.5, 0.6) is 0 Å². The lowest BCUT2D eigenvalue weighted by Crippen LogP contribution is -2.22. The van der Waals surface area contributed by atoms with Gasteiger partial charge in [0.05, 0.1) is 11.0 Å². The summed E-state index contributed by atoms with van der Waals surface area (Å²) < 4.78 is 8.93. The molecule has 3 aliphatic carbocycles. The zero-order valence-electron chi connectivity index (χ0n) is 35.4. The van der Waals surface area contributed by atoms with E-state index in [0.717, 1.165) is 22.4 Å². The third-order valence-electron chi connectivity index (χ3n) is 15.3. The number of rotatable bonds is 2. The van der Waals surface area contributed by atoms with Crippen molar-refractivity contribution in [3.8, 4) is 22.3 Å². The molecule has 0 bridgehead atoms. The molecule has 0 N–H and O–H groups in total. The molecule has 298 valence electrons. The van der Waals surface area contributed by atoms with E-state index in [1.165, 1.54) is 122 Å². The maximum absolute atomic E-state index is 6.43. The Labute approximate surface area is 365 Å². The second-order valence-corrected chi connectivity index (χ2v) is 18.8. The summed E-state index contributed by atoms with van der Waals surface area (Å²) in [5, 5.41) is 12.7. The molecule has 11 aromatic rings. The van der Waals surface area contributed by atoms with Gasteiger partial charge in [0.25, 0.3) is 0 Å². The molecule has 1 saturated carbocycles. The summed E-state index contributed by atoms with van der Waals surface area (Å²) >= 11 is 0. The van der Waals surface area contributed by atoms with Gasteiger partial charge in [0, 0.05) is 32.7 Å². The molecule has 3 aliphatic rings. The van der Waals surface area contributed by atoms with Crippen molar-refractivity contribution in [1.29, 1.82) is 0 Å². The van der Waals surface area contributed by atoms with Crippen molar-refractivity contribution in [1.82, 2.24) is 4.57 Å². The molecule has 0 saturated heterocycles. The zero-order chi connectivity index (χ0) is 41.7. The van der Waals surface area contributed by atoms with E-state index in [2.05, 4.69) is 194 Å². The highest BCUT2D eigenvalue weighted by molar-refractivity contribution is 6.26. The monoisotopic (exact) mass is 805 g/mol. The number of fused-ring (bicyclic) bond motifs is 18. The normalized spacial score (nSPS) is 19.1. The molecule has 9 aromatic carbocycles. The number of aromatic nitrogens is 1. The highest BCUT2D eigenvalue weighted by atomic mass is 16.3. The first kappa shape index (κ1) is 35.2. The summed E-state index contributed by atoms with van der Waals surface area (Å²) in [5.74, 6) is 0.948. The van der Waals surface area contributed by atoms with E-state index in [9.17, 15) is 0 Å². The molecule has 2 heteroatoms. The number of nitrogens with zero attached hydrogens (tertiary/aromatic N) is 1.